The van der Waals surface area contributed by atoms with Gasteiger partial charge in [-0.3, -0.25) is 0 Å². The molecule has 19 heavy (non-hydrogen) atoms. The van der Waals surface area contributed by atoms with Gasteiger partial charge in [0.1, 0.15) is 5.82 Å². The van der Waals surface area contributed by atoms with Crippen LogP contribution in [0.3, 0.4) is 0 Å². The van der Waals surface area contributed by atoms with Crippen molar-refractivity contribution in [2.45, 2.75) is 18.8 Å². The van der Waals surface area contributed by atoms with E-state index in [2.05, 4.69) is 27.4 Å². The number of H-pyrrole nitrogens is 1. The van der Waals surface area contributed by atoms with Crippen LogP contribution in [0.2, 0.25) is 0 Å². The summed E-state index contributed by atoms with van der Waals surface area (Å²) in [5.41, 5.74) is 2.25. The van der Waals surface area contributed by atoms with E-state index >= 15 is 0 Å². The molecule has 1 aliphatic rings. The highest BCUT2D eigenvalue weighted by atomic mass is 35.5. The van der Waals surface area contributed by atoms with Crippen molar-refractivity contribution in [3.63, 3.8) is 0 Å². The summed E-state index contributed by atoms with van der Waals surface area (Å²) in [6, 6.07) is 8.24. The van der Waals surface area contributed by atoms with E-state index in [0.717, 1.165) is 29.9 Å². The van der Waals surface area contributed by atoms with Gasteiger partial charge in [0, 0.05) is 5.92 Å². The van der Waals surface area contributed by atoms with E-state index in [1.54, 1.807) is 0 Å². The van der Waals surface area contributed by atoms with Crippen LogP contribution in [0.25, 0.3) is 11.0 Å². The molecule has 0 radical (unpaired) electrons. The van der Waals surface area contributed by atoms with Gasteiger partial charge in [0.25, 0.3) is 0 Å². The second kappa shape index (κ2) is 9.12. The van der Waals surface area contributed by atoms with Gasteiger partial charge in [-0.15, -0.1) is 24.8 Å². The minimum atomic E-state index is 0. The molecule has 3 rings (SSSR count). The van der Waals surface area contributed by atoms with Crippen LogP contribution in [-0.2, 0) is 0 Å². The fraction of sp³-hybridized carbons (Fsp3) is 0.417. The first kappa shape index (κ1) is 20.5. The fourth-order valence-electron chi connectivity index (χ4n) is 2.26. The van der Waals surface area contributed by atoms with Gasteiger partial charge in [-0.05, 0) is 38.1 Å². The van der Waals surface area contributed by atoms with Crippen LogP contribution in [0.4, 0.5) is 0 Å². The van der Waals surface area contributed by atoms with Gasteiger partial charge in [-0.2, -0.15) is 0 Å². The standard InChI is InChI=1S/C12H15N3.2ClH.2H2O/c1-2-4-11-10(3-1)14-12(15-11)9-5-7-13-8-6-9;;;;/h1-4,9,13H,5-8H2,(H,14,15);2*1H;2*1H2. The van der Waals surface area contributed by atoms with Gasteiger partial charge in [-0.1, -0.05) is 12.1 Å². The van der Waals surface area contributed by atoms with Crippen LogP contribution < -0.4 is 5.32 Å². The maximum atomic E-state index is 4.65. The molecule has 0 amide bonds. The smallest absolute Gasteiger partial charge is 0.110 e. The molecule has 2 aromatic rings. The summed E-state index contributed by atoms with van der Waals surface area (Å²) in [5, 5.41) is 3.38. The SMILES string of the molecule is Cl.Cl.O.O.c1ccc2[nH]c(C3CCNCC3)nc2c1. The number of aromatic nitrogens is 2. The summed E-state index contributed by atoms with van der Waals surface area (Å²) >= 11 is 0. The van der Waals surface area contributed by atoms with Crippen molar-refractivity contribution in [3.8, 4) is 0 Å². The molecule has 5 nitrogen and oxygen atoms in total. The highest BCUT2D eigenvalue weighted by Crippen LogP contribution is 2.24. The van der Waals surface area contributed by atoms with E-state index in [1.165, 1.54) is 12.8 Å². The van der Waals surface area contributed by atoms with E-state index < -0.39 is 0 Å². The molecule has 0 bridgehead atoms. The molecule has 2 heterocycles. The lowest BCUT2D eigenvalue weighted by Gasteiger charge is -2.20. The topological polar surface area (TPSA) is 104 Å². The van der Waals surface area contributed by atoms with Crippen LogP contribution in [0.5, 0.6) is 0 Å². The number of halogens is 2. The van der Waals surface area contributed by atoms with Crippen LogP contribution in [0, 0.1) is 0 Å². The number of nitrogens with zero attached hydrogens (tertiary/aromatic N) is 1. The number of benzene rings is 1. The quantitative estimate of drug-likeness (QED) is 0.827. The van der Waals surface area contributed by atoms with Crippen LogP contribution in [-0.4, -0.2) is 34.0 Å². The number of aromatic amines is 1. The Morgan fingerprint density at radius 1 is 1.00 bits per heavy atom. The van der Waals surface area contributed by atoms with Crippen molar-refractivity contribution in [2.24, 2.45) is 0 Å². The molecule has 1 aromatic carbocycles. The Morgan fingerprint density at radius 2 is 1.63 bits per heavy atom. The number of rotatable bonds is 1. The van der Waals surface area contributed by atoms with Crippen LogP contribution >= 0.6 is 24.8 Å². The summed E-state index contributed by atoms with van der Waals surface area (Å²) < 4.78 is 0. The molecule has 0 spiro atoms. The first-order valence-electron chi connectivity index (χ1n) is 5.59. The third-order valence-corrected chi connectivity index (χ3v) is 3.13. The molecule has 1 aliphatic heterocycles. The molecule has 1 fully saturated rings. The molecule has 1 saturated heterocycles. The summed E-state index contributed by atoms with van der Waals surface area (Å²) in [4.78, 5) is 8.08. The zero-order valence-electron chi connectivity index (χ0n) is 10.5. The molecular formula is C12H21Cl2N3O2. The molecule has 1 aromatic heterocycles. The van der Waals surface area contributed by atoms with Gasteiger partial charge in [0.05, 0.1) is 11.0 Å². The first-order chi connectivity index (χ1) is 7.43. The summed E-state index contributed by atoms with van der Waals surface area (Å²) in [6.07, 6.45) is 2.39. The van der Waals surface area contributed by atoms with E-state index in [-0.39, 0.29) is 35.8 Å². The molecular weight excluding hydrogens is 289 g/mol. The Hall–Kier alpha value is -0.850. The minimum Gasteiger partial charge on any atom is -0.412 e. The molecule has 0 unspecified atom stereocenters. The number of hydrogen-bond donors (Lipinski definition) is 2. The summed E-state index contributed by atoms with van der Waals surface area (Å²) in [5.74, 6) is 1.77. The normalized spacial score (nSPS) is 14.5. The summed E-state index contributed by atoms with van der Waals surface area (Å²) in [6.45, 7) is 2.23. The van der Waals surface area contributed by atoms with E-state index in [4.69, 9.17) is 0 Å². The molecule has 0 aliphatic carbocycles. The highest BCUT2D eigenvalue weighted by Gasteiger charge is 2.18. The lowest BCUT2D eigenvalue weighted by atomic mass is 9.98. The Bertz CT molecular complexity index is 440. The van der Waals surface area contributed by atoms with Crippen molar-refractivity contribution in [1.29, 1.82) is 0 Å². The predicted molar refractivity (Wildman–Crippen MR) is 82.7 cm³/mol. The lowest BCUT2D eigenvalue weighted by Crippen LogP contribution is -2.27. The van der Waals surface area contributed by atoms with E-state index in [1.807, 2.05) is 12.1 Å². The van der Waals surface area contributed by atoms with Crippen molar-refractivity contribution in [2.75, 3.05) is 13.1 Å². The minimum absolute atomic E-state index is 0. The van der Waals surface area contributed by atoms with Gasteiger partial charge in [0.15, 0.2) is 0 Å². The maximum Gasteiger partial charge on any atom is 0.110 e. The number of fused-ring (bicyclic) bond motifs is 1. The van der Waals surface area contributed by atoms with Crippen molar-refractivity contribution < 1.29 is 11.0 Å². The van der Waals surface area contributed by atoms with Gasteiger partial charge < -0.3 is 21.3 Å². The average molecular weight is 310 g/mol. The number of piperidine rings is 1. The highest BCUT2D eigenvalue weighted by molar-refractivity contribution is 5.85. The molecule has 7 heteroatoms. The zero-order valence-corrected chi connectivity index (χ0v) is 12.1. The molecule has 6 N–H and O–H groups in total. The van der Waals surface area contributed by atoms with Crippen molar-refractivity contribution >= 4 is 35.8 Å². The monoisotopic (exact) mass is 309 g/mol. The van der Waals surface area contributed by atoms with Gasteiger partial charge in [-0.25, -0.2) is 4.98 Å². The average Bonchev–Trinajstić information content (AvgIpc) is 2.74. The Kier molecular flexibility index (Phi) is 9.82. The van der Waals surface area contributed by atoms with Crippen molar-refractivity contribution in [1.82, 2.24) is 15.3 Å². The third-order valence-electron chi connectivity index (χ3n) is 3.13. The Labute approximate surface area is 124 Å². The van der Waals surface area contributed by atoms with Crippen molar-refractivity contribution in [3.05, 3.63) is 30.1 Å². The second-order valence-corrected chi connectivity index (χ2v) is 4.16. The third kappa shape index (κ3) is 4.33. The number of imidazole rings is 1. The zero-order chi connectivity index (χ0) is 10.1. The Morgan fingerprint density at radius 3 is 2.26 bits per heavy atom. The predicted octanol–water partition coefficient (Wildman–Crippen LogP) is 1.22. The molecule has 0 atom stereocenters. The largest absolute Gasteiger partial charge is 0.412 e. The maximum absolute atomic E-state index is 4.65. The lowest BCUT2D eigenvalue weighted by molar-refractivity contribution is 0.448. The summed E-state index contributed by atoms with van der Waals surface area (Å²) in [7, 11) is 0. The molecule has 0 saturated carbocycles. The second-order valence-electron chi connectivity index (χ2n) is 4.16. The Balaban J connectivity index is 0. The molecule has 110 valence electrons. The number of hydrogen-bond acceptors (Lipinski definition) is 2. The van der Waals surface area contributed by atoms with Gasteiger partial charge >= 0.3 is 0 Å². The van der Waals surface area contributed by atoms with Gasteiger partial charge in [0.2, 0.25) is 0 Å². The fourth-order valence-corrected chi connectivity index (χ4v) is 2.26. The first-order valence-corrected chi connectivity index (χ1v) is 5.59. The number of nitrogens with one attached hydrogen (secondary N) is 2. The van der Waals surface area contributed by atoms with E-state index in [9.17, 15) is 0 Å². The van der Waals surface area contributed by atoms with Crippen LogP contribution in [0.1, 0.15) is 24.6 Å². The van der Waals surface area contributed by atoms with E-state index in [0.29, 0.717) is 5.92 Å². The number of para-hydroxylation sites is 2. The van der Waals surface area contributed by atoms with Crippen LogP contribution in [0.15, 0.2) is 24.3 Å².